The van der Waals surface area contributed by atoms with Crippen molar-refractivity contribution in [2.24, 2.45) is 0 Å². The molecule has 0 fully saturated rings. The van der Waals surface area contributed by atoms with Crippen molar-refractivity contribution in [1.82, 2.24) is 4.90 Å². The van der Waals surface area contributed by atoms with Crippen LogP contribution in [0.15, 0.2) is 53.4 Å². The highest BCUT2D eigenvalue weighted by Crippen LogP contribution is 2.19. The van der Waals surface area contributed by atoms with E-state index in [0.717, 1.165) is 24.1 Å². The van der Waals surface area contributed by atoms with Crippen molar-refractivity contribution in [1.29, 1.82) is 0 Å². The smallest absolute Gasteiger partial charge is 0.339 e. The van der Waals surface area contributed by atoms with Crippen molar-refractivity contribution in [2.75, 3.05) is 20.6 Å². The molecule has 0 bridgehead atoms. The van der Waals surface area contributed by atoms with Crippen molar-refractivity contribution < 1.29 is 12.6 Å². The van der Waals surface area contributed by atoms with Crippen LogP contribution in [0.5, 0.6) is 5.75 Å². The molecule has 0 amide bonds. The molecule has 0 saturated carbocycles. The Morgan fingerprint density at radius 3 is 2.09 bits per heavy atom. The Bertz CT molecular complexity index is 705. The second-order valence-electron chi connectivity index (χ2n) is 5.55. The first-order chi connectivity index (χ1) is 10.4. The maximum Gasteiger partial charge on any atom is 0.339 e. The molecule has 2 aromatic rings. The summed E-state index contributed by atoms with van der Waals surface area (Å²) in [7, 11) is 0.262. The van der Waals surface area contributed by atoms with Gasteiger partial charge in [-0.2, -0.15) is 8.42 Å². The van der Waals surface area contributed by atoms with E-state index in [1.165, 1.54) is 0 Å². The summed E-state index contributed by atoms with van der Waals surface area (Å²) in [5.74, 6) is 0.328. The van der Waals surface area contributed by atoms with Crippen LogP contribution in [0.4, 0.5) is 0 Å². The lowest BCUT2D eigenvalue weighted by molar-refractivity contribution is 0.413. The van der Waals surface area contributed by atoms with E-state index in [1.807, 2.05) is 33.2 Å². The highest BCUT2D eigenvalue weighted by atomic mass is 32.2. The molecule has 5 heteroatoms. The summed E-state index contributed by atoms with van der Waals surface area (Å²) in [5.41, 5.74) is 2.15. The van der Waals surface area contributed by atoms with Crippen LogP contribution in [0.2, 0.25) is 0 Å². The number of hydrogen-bond donors (Lipinski definition) is 0. The first kappa shape index (κ1) is 16.5. The van der Waals surface area contributed by atoms with Crippen LogP contribution < -0.4 is 4.18 Å². The normalized spacial score (nSPS) is 11.6. The zero-order valence-corrected chi connectivity index (χ0v) is 13.9. The molecular weight excluding hydrogens is 298 g/mol. The maximum absolute atomic E-state index is 12.2. The molecule has 4 nitrogen and oxygen atoms in total. The van der Waals surface area contributed by atoms with Crippen LogP contribution in [0.3, 0.4) is 0 Å². The summed E-state index contributed by atoms with van der Waals surface area (Å²) in [6.07, 6.45) is 0.915. The summed E-state index contributed by atoms with van der Waals surface area (Å²) >= 11 is 0. The van der Waals surface area contributed by atoms with Crippen LogP contribution in [0.1, 0.15) is 11.1 Å². The summed E-state index contributed by atoms with van der Waals surface area (Å²) in [5, 5.41) is 0. The molecule has 2 aromatic carbocycles. The van der Waals surface area contributed by atoms with Gasteiger partial charge in [-0.25, -0.2) is 0 Å². The van der Waals surface area contributed by atoms with Gasteiger partial charge in [0.05, 0.1) is 0 Å². The molecule has 22 heavy (non-hydrogen) atoms. The SMILES string of the molecule is Cc1ccc(S(=O)(=O)Oc2ccc(CCN(C)C)cc2)cc1. The Kier molecular flexibility index (Phi) is 5.21. The van der Waals surface area contributed by atoms with E-state index in [-0.39, 0.29) is 4.90 Å². The largest absolute Gasteiger partial charge is 0.379 e. The van der Waals surface area contributed by atoms with E-state index in [2.05, 4.69) is 4.90 Å². The van der Waals surface area contributed by atoms with Crippen molar-refractivity contribution in [3.05, 3.63) is 59.7 Å². The minimum absolute atomic E-state index is 0.162. The molecule has 0 aliphatic heterocycles. The molecule has 0 aliphatic rings. The molecule has 0 N–H and O–H groups in total. The maximum atomic E-state index is 12.2. The zero-order chi connectivity index (χ0) is 16.2. The number of benzene rings is 2. The van der Waals surface area contributed by atoms with Crippen LogP contribution in [0.25, 0.3) is 0 Å². The number of likely N-dealkylation sites (N-methyl/N-ethyl adjacent to an activating group) is 1. The van der Waals surface area contributed by atoms with Gasteiger partial charge in [0, 0.05) is 6.54 Å². The molecular formula is C17H21NO3S. The molecule has 0 saturated heterocycles. The molecule has 0 spiro atoms. The third kappa shape index (κ3) is 4.58. The van der Waals surface area contributed by atoms with E-state index in [1.54, 1.807) is 36.4 Å². The van der Waals surface area contributed by atoms with Crippen LogP contribution in [0, 0.1) is 6.92 Å². The molecule has 2 rings (SSSR count). The van der Waals surface area contributed by atoms with Gasteiger partial charge in [0.25, 0.3) is 0 Å². The van der Waals surface area contributed by atoms with E-state index < -0.39 is 10.1 Å². The van der Waals surface area contributed by atoms with Crippen molar-refractivity contribution in [2.45, 2.75) is 18.2 Å². The lowest BCUT2D eigenvalue weighted by atomic mass is 10.1. The van der Waals surface area contributed by atoms with Crippen molar-refractivity contribution in [3.8, 4) is 5.75 Å². The standard InChI is InChI=1S/C17H21NO3S/c1-14-4-10-17(11-5-14)22(19,20)21-16-8-6-15(7-9-16)12-13-18(2)3/h4-11H,12-13H2,1-3H3. The third-order valence-electron chi connectivity index (χ3n) is 3.29. The van der Waals surface area contributed by atoms with E-state index in [4.69, 9.17) is 4.18 Å². The Balaban J connectivity index is 2.08. The fourth-order valence-corrected chi connectivity index (χ4v) is 2.87. The van der Waals surface area contributed by atoms with E-state index in [0.29, 0.717) is 5.75 Å². The summed E-state index contributed by atoms with van der Waals surface area (Å²) in [6.45, 7) is 2.85. The van der Waals surface area contributed by atoms with Gasteiger partial charge in [-0.1, -0.05) is 29.8 Å². The predicted molar refractivity (Wildman–Crippen MR) is 87.7 cm³/mol. The average molecular weight is 319 g/mol. The third-order valence-corrected chi connectivity index (χ3v) is 4.55. The lowest BCUT2D eigenvalue weighted by Gasteiger charge is -2.10. The van der Waals surface area contributed by atoms with Gasteiger partial charge in [-0.15, -0.1) is 0 Å². The van der Waals surface area contributed by atoms with Crippen molar-refractivity contribution >= 4 is 10.1 Å². The van der Waals surface area contributed by atoms with Gasteiger partial charge in [0.2, 0.25) is 0 Å². The van der Waals surface area contributed by atoms with Gasteiger partial charge < -0.3 is 9.08 Å². The summed E-state index contributed by atoms with van der Waals surface area (Å²) in [6, 6.07) is 13.8. The Labute approximate surface area is 132 Å². The lowest BCUT2D eigenvalue weighted by Crippen LogP contribution is -2.15. The number of nitrogens with zero attached hydrogens (tertiary/aromatic N) is 1. The first-order valence-corrected chi connectivity index (χ1v) is 8.52. The van der Waals surface area contributed by atoms with Crippen LogP contribution in [-0.2, 0) is 16.5 Å². The highest BCUT2D eigenvalue weighted by molar-refractivity contribution is 7.87. The minimum Gasteiger partial charge on any atom is -0.379 e. The molecule has 0 aliphatic carbocycles. The topological polar surface area (TPSA) is 46.6 Å². The number of rotatable bonds is 6. The molecule has 0 radical (unpaired) electrons. The van der Waals surface area contributed by atoms with Gasteiger partial charge in [0.1, 0.15) is 10.6 Å². The number of aryl methyl sites for hydroxylation is 1. The molecule has 0 heterocycles. The second kappa shape index (κ2) is 6.94. The molecule has 0 aromatic heterocycles. The molecule has 118 valence electrons. The summed E-state index contributed by atoms with van der Waals surface area (Å²) < 4.78 is 29.5. The molecule has 0 unspecified atom stereocenters. The molecule has 0 atom stereocenters. The average Bonchev–Trinajstić information content (AvgIpc) is 2.46. The van der Waals surface area contributed by atoms with Gasteiger partial charge in [0.15, 0.2) is 0 Å². The fraction of sp³-hybridized carbons (Fsp3) is 0.294. The minimum atomic E-state index is -3.78. The van der Waals surface area contributed by atoms with Gasteiger partial charge in [-0.05, 0) is 57.3 Å². The van der Waals surface area contributed by atoms with Gasteiger partial charge in [-0.3, -0.25) is 0 Å². The summed E-state index contributed by atoms with van der Waals surface area (Å²) in [4.78, 5) is 2.27. The van der Waals surface area contributed by atoms with E-state index >= 15 is 0 Å². The quantitative estimate of drug-likeness (QED) is 0.768. The second-order valence-corrected chi connectivity index (χ2v) is 7.09. The number of hydrogen-bond acceptors (Lipinski definition) is 4. The first-order valence-electron chi connectivity index (χ1n) is 7.12. The van der Waals surface area contributed by atoms with Gasteiger partial charge >= 0.3 is 10.1 Å². The zero-order valence-electron chi connectivity index (χ0n) is 13.1. The van der Waals surface area contributed by atoms with Crippen LogP contribution in [-0.4, -0.2) is 34.0 Å². The monoisotopic (exact) mass is 319 g/mol. The fourth-order valence-electron chi connectivity index (χ4n) is 1.94. The van der Waals surface area contributed by atoms with E-state index in [9.17, 15) is 8.42 Å². The van der Waals surface area contributed by atoms with Crippen molar-refractivity contribution in [3.63, 3.8) is 0 Å². The Hall–Kier alpha value is -1.85. The Morgan fingerprint density at radius 2 is 1.55 bits per heavy atom. The predicted octanol–water partition coefficient (Wildman–Crippen LogP) is 2.87. The Morgan fingerprint density at radius 1 is 0.955 bits per heavy atom. The highest BCUT2D eigenvalue weighted by Gasteiger charge is 2.16. The van der Waals surface area contributed by atoms with Crippen LogP contribution >= 0.6 is 0 Å².